The van der Waals surface area contributed by atoms with Gasteiger partial charge in [-0.15, -0.1) is 0 Å². The van der Waals surface area contributed by atoms with E-state index in [0.717, 1.165) is 5.56 Å². The van der Waals surface area contributed by atoms with E-state index in [4.69, 9.17) is 25.8 Å². The van der Waals surface area contributed by atoms with Gasteiger partial charge >= 0.3 is 6.09 Å². The lowest BCUT2D eigenvalue weighted by atomic mass is 10.1. The van der Waals surface area contributed by atoms with Crippen molar-refractivity contribution in [1.82, 2.24) is 4.90 Å². The zero-order valence-corrected chi connectivity index (χ0v) is 25.5. The van der Waals surface area contributed by atoms with Gasteiger partial charge in [0.05, 0.1) is 24.9 Å². The van der Waals surface area contributed by atoms with Crippen LogP contribution in [-0.2, 0) is 19.6 Å². The van der Waals surface area contributed by atoms with Crippen LogP contribution >= 0.6 is 11.6 Å². The number of carbonyl (C=O) groups is 2. The van der Waals surface area contributed by atoms with Crippen molar-refractivity contribution in [2.45, 2.75) is 44.2 Å². The molecule has 0 unspecified atom stereocenters. The van der Waals surface area contributed by atoms with Gasteiger partial charge in [0, 0.05) is 12.7 Å². The topological polar surface area (TPSA) is 123 Å². The molecule has 0 fully saturated rings. The lowest BCUT2D eigenvalue weighted by Crippen LogP contribution is -2.45. The Kier molecular flexibility index (Phi) is 9.77. The second-order valence-electron chi connectivity index (χ2n) is 10.2. The first kappa shape index (κ1) is 31.6. The minimum absolute atomic E-state index is 0.0141. The highest BCUT2D eigenvalue weighted by atomic mass is 35.5. The molecule has 0 aliphatic carbocycles. The maximum Gasteiger partial charge on any atom is 0.410 e. The first-order valence-corrected chi connectivity index (χ1v) is 14.4. The van der Waals surface area contributed by atoms with Gasteiger partial charge in [0.15, 0.2) is 0 Å². The third kappa shape index (κ3) is 8.05. The normalized spacial score (nSPS) is 12.2. The Balaban J connectivity index is 1.82. The fourth-order valence-corrected chi connectivity index (χ4v) is 5.29. The number of ether oxygens (including phenoxy) is 3. The van der Waals surface area contributed by atoms with Gasteiger partial charge in [-0.25, -0.2) is 13.2 Å². The van der Waals surface area contributed by atoms with Crippen LogP contribution in [0.15, 0.2) is 65.6 Å². The smallest absolute Gasteiger partial charge is 0.410 e. The third-order valence-corrected chi connectivity index (χ3v) is 7.83. The van der Waals surface area contributed by atoms with Crippen LogP contribution < -0.4 is 19.5 Å². The number of benzene rings is 3. The van der Waals surface area contributed by atoms with Crippen LogP contribution in [0, 0.1) is 0 Å². The lowest BCUT2D eigenvalue weighted by Gasteiger charge is -2.28. The van der Waals surface area contributed by atoms with Crippen LogP contribution in [0.5, 0.6) is 11.5 Å². The Bertz CT molecular complexity index is 1540. The highest BCUT2D eigenvalue weighted by molar-refractivity contribution is 7.92. The molecule has 0 aliphatic rings. The Labute approximate surface area is 245 Å². The van der Waals surface area contributed by atoms with E-state index in [0.29, 0.717) is 11.3 Å². The van der Waals surface area contributed by atoms with Gasteiger partial charge in [-0.2, -0.15) is 0 Å². The molecule has 1 atom stereocenters. The van der Waals surface area contributed by atoms with Crippen molar-refractivity contribution in [1.29, 1.82) is 0 Å². The van der Waals surface area contributed by atoms with E-state index in [-0.39, 0.29) is 27.0 Å². The molecule has 0 saturated carbocycles. The Morgan fingerprint density at radius 3 is 2.24 bits per heavy atom. The molecule has 3 rings (SSSR count). The van der Waals surface area contributed by atoms with E-state index in [1.807, 2.05) is 18.2 Å². The Morgan fingerprint density at radius 2 is 1.63 bits per heavy atom. The fraction of sp³-hybridized carbons (Fsp3) is 0.310. The van der Waals surface area contributed by atoms with Gasteiger partial charge in [0.1, 0.15) is 28.0 Å². The van der Waals surface area contributed by atoms with Crippen LogP contribution in [0.4, 0.5) is 16.2 Å². The number of likely N-dealkylation sites (N-methyl/N-ethyl adjacent to an activating group) is 1. The van der Waals surface area contributed by atoms with Crippen molar-refractivity contribution in [3.8, 4) is 22.6 Å². The van der Waals surface area contributed by atoms with Gasteiger partial charge in [0.25, 0.3) is 10.0 Å². The fourth-order valence-electron chi connectivity index (χ4n) is 3.68. The predicted molar refractivity (Wildman–Crippen MR) is 159 cm³/mol. The summed E-state index contributed by atoms with van der Waals surface area (Å²) in [7, 11) is 0.242. The standard InChI is InChI=1S/C29H34ClN3O7S/c1-18(33(5)28(35)40-29(2,3)4)27(34)31-21-12-13-25(39-7)24(17-21)32-41(36,37)26-14-11-20(16-23(26)30)19-9-8-10-22(15-19)38-6/h8-18,32H,1-7H3,(H,31,34)/t18-/m0/s1. The number of hydrogen-bond acceptors (Lipinski definition) is 7. The molecule has 3 aromatic rings. The van der Waals surface area contributed by atoms with E-state index in [2.05, 4.69) is 10.0 Å². The molecule has 10 nitrogen and oxygen atoms in total. The molecule has 0 saturated heterocycles. The quantitative estimate of drug-likeness (QED) is 0.306. The van der Waals surface area contributed by atoms with E-state index in [1.54, 1.807) is 59.1 Å². The maximum absolute atomic E-state index is 13.3. The number of methoxy groups -OCH3 is 2. The van der Waals surface area contributed by atoms with E-state index >= 15 is 0 Å². The maximum atomic E-state index is 13.3. The number of hydrogen-bond donors (Lipinski definition) is 2. The average Bonchev–Trinajstić information content (AvgIpc) is 2.91. The summed E-state index contributed by atoms with van der Waals surface area (Å²) in [5.74, 6) is 0.366. The van der Waals surface area contributed by atoms with E-state index in [9.17, 15) is 18.0 Å². The van der Waals surface area contributed by atoms with E-state index in [1.165, 1.54) is 37.3 Å². The molecule has 41 heavy (non-hydrogen) atoms. The van der Waals surface area contributed by atoms with Crippen LogP contribution in [0.3, 0.4) is 0 Å². The Morgan fingerprint density at radius 1 is 0.951 bits per heavy atom. The predicted octanol–water partition coefficient (Wildman–Crippen LogP) is 6.02. The molecule has 0 spiro atoms. The van der Waals surface area contributed by atoms with Crippen molar-refractivity contribution in [3.05, 3.63) is 65.7 Å². The van der Waals surface area contributed by atoms with Crippen LogP contribution in [0.25, 0.3) is 11.1 Å². The number of sulfonamides is 1. The summed E-state index contributed by atoms with van der Waals surface area (Å²) in [6, 6.07) is 15.5. The molecule has 0 bridgehead atoms. The molecule has 0 radical (unpaired) electrons. The molecular weight excluding hydrogens is 570 g/mol. The van der Waals surface area contributed by atoms with Gasteiger partial charge in [-0.05, 0) is 81.3 Å². The SMILES string of the molecule is COc1cccc(-c2ccc(S(=O)(=O)Nc3cc(NC(=O)[C@H](C)N(C)C(=O)OC(C)(C)C)ccc3OC)c(Cl)c2)c1. The zero-order chi connectivity index (χ0) is 30.5. The average molecular weight is 604 g/mol. The molecule has 0 heterocycles. The molecule has 2 amide bonds. The van der Waals surface area contributed by atoms with Gasteiger partial charge < -0.3 is 19.5 Å². The van der Waals surface area contributed by atoms with Crippen LogP contribution in [0.2, 0.25) is 5.02 Å². The van der Waals surface area contributed by atoms with Crippen molar-refractivity contribution in [2.24, 2.45) is 0 Å². The van der Waals surface area contributed by atoms with E-state index < -0.39 is 33.7 Å². The molecule has 220 valence electrons. The molecule has 0 aromatic heterocycles. The number of anilines is 2. The van der Waals surface area contributed by atoms with Gasteiger partial charge in [0.2, 0.25) is 5.91 Å². The number of halogens is 1. The number of nitrogens with one attached hydrogen (secondary N) is 2. The number of amides is 2. The Hall–Kier alpha value is -3.96. The number of rotatable bonds is 9. The van der Waals surface area contributed by atoms with Crippen molar-refractivity contribution in [3.63, 3.8) is 0 Å². The van der Waals surface area contributed by atoms with Crippen molar-refractivity contribution >= 4 is 45.0 Å². The van der Waals surface area contributed by atoms with Crippen LogP contribution in [-0.4, -0.2) is 58.2 Å². The summed E-state index contributed by atoms with van der Waals surface area (Å²) in [6.45, 7) is 6.73. The summed E-state index contributed by atoms with van der Waals surface area (Å²) < 4.78 is 45.1. The second kappa shape index (κ2) is 12.7. The summed E-state index contributed by atoms with van der Waals surface area (Å²) in [4.78, 5) is 26.3. The first-order chi connectivity index (χ1) is 19.1. The number of carbonyl (C=O) groups excluding carboxylic acids is 2. The molecule has 0 aliphatic heterocycles. The lowest BCUT2D eigenvalue weighted by molar-refractivity contribution is -0.120. The summed E-state index contributed by atoms with van der Waals surface area (Å²) >= 11 is 6.43. The zero-order valence-electron chi connectivity index (χ0n) is 23.9. The first-order valence-electron chi connectivity index (χ1n) is 12.6. The minimum atomic E-state index is -4.16. The van der Waals surface area contributed by atoms with Gasteiger partial charge in [-0.1, -0.05) is 29.8 Å². The molecule has 3 aromatic carbocycles. The largest absolute Gasteiger partial charge is 0.497 e. The van der Waals surface area contributed by atoms with Gasteiger partial charge in [-0.3, -0.25) is 14.4 Å². The second-order valence-corrected chi connectivity index (χ2v) is 12.2. The number of nitrogens with zero attached hydrogens (tertiary/aromatic N) is 1. The highest BCUT2D eigenvalue weighted by Gasteiger charge is 2.27. The van der Waals surface area contributed by atoms with Crippen LogP contribution in [0.1, 0.15) is 27.7 Å². The summed E-state index contributed by atoms with van der Waals surface area (Å²) in [5.41, 5.74) is 1.14. The van der Waals surface area contributed by atoms with Crippen molar-refractivity contribution in [2.75, 3.05) is 31.3 Å². The highest BCUT2D eigenvalue weighted by Crippen LogP contribution is 2.34. The third-order valence-electron chi connectivity index (χ3n) is 5.98. The molecule has 12 heteroatoms. The molecular formula is C29H34ClN3O7S. The summed E-state index contributed by atoms with van der Waals surface area (Å²) in [5, 5.41) is 2.70. The minimum Gasteiger partial charge on any atom is -0.497 e. The monoisotopic (exact) mass is 603 g/mol. The molecule has 2 N–H and O–H groups in total. The van der Waals surface area contributed by atoms with Crippen molar-refractivity contribution < 1.29 is 32.2 Å². The summed E-state index contributed by atoms with van der Waals surface area (Å²) in [6.07, 6.45) is -0.655.